The lowest BCUT2D eigenvalue weighted by molar-refractivity contribution is -0.0111. The molecule has 0 radical (unpaired) electrons. The standard InChI is InChI=1S/C12H12FNO4/c13-9-3-1-2-8(6-9)11(15)10-7-14(12(16)17)4-5-18-10/h1-3,6,10H,4-5,7H2,(H,16,17). The van der Waals surface area contributed by atoms with E-state index in [1.165, 1.54) is 18.2 Å². The molecule has 1 saturated heterocycles. The van der Waals surface area contributed by atoms with E-state index in [1.807, 2.05) is 0 Å². The number of rotatable bonds is 2. The summed E-state index contributed by atoms with van der Waals surface area (Å²) in [7, 11) is 0. The van der Waals surface area contributed by atoms with Crippen molar-refractivity contribution >= 4 is 11.9 Å². The molecule has 1 unspecified atom stereocenters. The van der Waals surface area contributed by atoms with E-state index >= 15 is 0 Å². The number of halogens is 1. The largest absolute Gasteiger partial charge is 0.465 e. The summed E-state index contributed by atoms with van der Waals surface area (Å²) in [5.74, 6) is -0.910. The second-order valence-electron chi connectivity index (χ2n) is 3.96. The number of morpholine rings is 1. The number of carbonyl (C=O) groups is 2. The molecule has 1 amide bonds. The molecule has 1 atom stereocenters. The van der Waals surface area contributed by atoms with Gasteiger partial charge in [-0.05, 0) is 12.1 Å². The minimum Gasteiger partial charge on any atom is -0.465 e. The lowest BCUT2D eigenvalue weighted by Crippen LogP contribution is -2.48. The molecule has 1 aromatic rings. The van der Waals surface area contributed by atoms with Crippen molar-refractivity contribution in [2.45, 2.75) is 6.10 Å². The lowest BCUT2D eigenvalue weighted by atomic mass is 10.0. The number of carboxylic acid groups (broad SMARTS) is 1. The molecule has 0 aromatic heterocycles. The molecule has 1 heterocycles. The molecule has 6 heteroatoms. The number of ether oxygens (including phenoxy) is 1. The highest BCUT2D eigenvalue weighted by atomic mass is 19.1. The number of Topliss-reactive ketones (excluding diaryl/α,β-unsaturated/α-hetero) is 1. The van der Waals surface area contributed by atoms with Crippen molar-refractivity contribution in [3.05, 3.63) is 35.6 Å². The summed E-state index contributed by atoms with van der Waals surface area (Å²) >= 11 is 0. The van der Waals surface area contributed by atoms with Gasteiger partial charge in [0, 0.05) is 12.1 Å². The number of carbonyl (C=O) groups excluding carboxylic acids is 1. The highest BCUT2D eigenvalue weighted by molar-refractivity contribution is 5.99. The number of ketones is 1. The van der Waals surface area contributed by atoms with E-state index in [9.17, 15) is 14.0 Å². The van der Waals surface area contributed by atoms with E-state index < -0.39 is 23.8 Å². The SMILES string of the molecule is O=C(c1cccc(F)c1)C1CN(C(=O)O)CCO1. The third-order valence-electron chi connectivity index (χ3n) is 2.74. The molecule has 0 saturated carbocycles. The molecule has 96 valence electrons. The van der Waals surface area contributed by atoms with E-state index in [1.54, 1.807) is 0 Å². The monoisotopic (exact) mass is 253 g/mol. The molecule has 1 N–H and O–H groups in total. The number of hydrogen-bond acceptors (Lipinski definition) is 3. The van der Waals surface area contributed by atoms with E-state index in [4.69, 9.17) is 9.84 Å². The van der Waals surface area contributed by atoms with Crippen LogP contribution in [0, 0.1) is 5.82 Å². The fourth-order valence-corrected chi connectivity index (χ4v) is 1.81. The van der Waals surface area contributed by atoms with Crippen molar-refractivity contribution in [2.24, 2.45) is 0 Å². The molecule has 1 aliphatic heterocycles. The Labute approximate surface area is 103 Å². The average Bonchev–Trinajstić information content (AvgIpc) is 2.38. The van der Waals surface area contributed by atoms with Crippen LogP contribution in [0.15, 0.2) is 24.3 Å². The Morgan fingerprint density at radius 2 is 2.22 bits per heavy atom. The van der Waals surface area contributed by atoms with Gasteiger partial charge in [0.1, 0.15) is 11.9 Å². The van der Waals surface area contributed by atoms with Gasteiger partial charge in [-0.2, -0.15) is 0 Å². The molecular weight excluding hydrogens is 241 g/mol. The third kappa shape index (κ3) is 2.65. The van der Waals surface area contributed by atoms with Gasteiger partial charge < -0.3 is 14.7 Å². The van der Waals surface area contributed by atoms with Crippen LogP contribution >= 0.6 is 0 Å². The summed E-state index contributed by atoms with van der Waals surface area (Å²) in [6, 6.07) is 5.27. The van der Waals surface area contributed by atoms with Crippen LogP contribution in [0.5, 0.6) is 0 Å². The van der Waals surface area contributed by atoms with E-state index in [0.29, 0.717) is 0 Å². The molecule has 0 bridgehead atoms. The van der Waals surface area contributed by atoms with Crippen LogP contribution in [0.1, 0.15) is 10.4 Å². The van der Waals surface area contributed by atoms with Crippen LogP contribution in [0.3, 0.4) is 0 Å². The van der Waals surface area contributed by atoms with Gasteiger partial charge in [-0.15, -0.1) is 0 Å². The average molecular weight is 253 g/mol. The Balaban J connectivity index is 2.11. The summed E-state index contributed by atoms with van der Waals surface area (Å²) < 4.78 is 18.2. The van der Waals surface area contributed by atoms with Crippen molar-refractivity contribution in [3.63, 3.8) is 0 Å². The van der Waals surface area contributed by atoms with Crippen molar-refractivity contribution in [2.75, 3.05) is 19.7 Å². The van der Waals surface area contributed by atoms with Crippen molar-refractivity contribution in [1.29, 1.82) is 0 Å². The minimum atomic E-state index is -1.09. The number of benzene rings is 1. The van der Waals surface area contributed by atoms with E-state index in [2.05, 4.69) is 0 Å². The smallest absolute Gasteiger partial charge is 0.407 e. The maximum absolute atomic E-state index is 13.0. The number of nitrogens with zero attached hydrogens (tertiary/aromatic N) is 1. The maximum atomic E-state index is 13.0. The second-order valence-corrected chi connectivity index (χ2v) is 3.96. The summed E-state index contributed by atoms with van der Waals surface area (Å²) in [6.45, 7) is 0.380. The zero-order valence-electron chi connectivity index (χ0n) is 9.51. The summed E-state index contributed by atoms with van der Waals surface area (Å²) in [5, 5.41) is 8.85. The quantitative estimate of drug-likeness (QED) is 0.809. The van der Waals surface area contributed by atoms with Gasteiger partial charge in [-0.25, -0.2) is 9.18 Å². The Kier molecular flexibility index (Phi) is 3.57. The number of hydrogen-bond donors (Lipinski definition) is 1. The molecule has 0 spiro atoms. The van der Waals surface area contributed by atoms with Crippen molar-refractivity contribution in [3.8, 4) is 0 Å². The van der Waals surface area contributed by atoms with Crippen molar-refractivity contribution in [1.82, 2.24) is 4.90 Å². The maximum Gasteiger partial charge on any atom is 0.407 e. The fraction of sp³-hybridized carbons (Fsp3) is 0.333. The lowest BCUT2D eigenvalue weighted by Gasteiger charge is -2.30. The second kappa shape index (κ2) is 5.14. The molecule has 18 heavy (non-hydrogen) atoms. The molecule has 1 fully saturated rings. The highest BCUT2D eigenvalue weighted by Crippen LogP contribution is 2.13. The Morgan fingerprint density at radius 3 is 2.89 bits per heavy atom. The summed E-state index contributed by atoms with van der Waals surface area (Å²) in [4.78, 5) is 23.9. The molecule has 1 aromatic carbocycles. The predicted molar refractivity (Wildman–Crippen MR) is 60.1 cm³/mol. The van der Waals surface area contributed by atoms with Gasteiger partial charge in [0.05, 0.1) is 13.2 Å². The Bertz CT molecular complexity index is 477. The first-order valence-corrected chi connectivity index (χ1v) is 5.47. The van der Waals surface area contributed by atoms with Gasteiger partial charge in [0.15, 0.2) is 5.78 Å². The zero-order valence-corrected chi connectivity index (χ0v) is 9.51. The van der Waals surface area contributed by atoms with Crippen LogP contribution in [0.2, 0.25) is 0 Å². The third-order valence-corrected chi connectivity index (χ3v) is 2.74. The van der Waals surface area contributed by atoms with Gasteiger partial charge >= 0.3 is 6.09 Å². The Morgan fingerprint density at radius 1 is 1.44 bits per heavy atom. The molecule has 5 nitrogen and oxygen atoms in total. The number of amides is 1. The molecule has 1 aliphatic rings. The minimum absolute atomic E-state index is 0.0231. The van der Waals surface area contributed by atoms with Gasteiger partial charge in [0.25, 0.3) is 0 Å². The first-order valence-electron chi connectivity index (χ1n) is 5.47. The predicted octanol–water partition coefficient (Wildman–Crippen LogP) is 1.39. The van der Waals surface area contributed by atoms with Gasteiger partial charge in [-0.1, -0.05) is 12.1 Å². The van der Waals surface area contributed by atoms with E-state index in [-0.39, 0.29) is 25.3 Å². The molecular formula is C12H12FNO4. The fourth-order valence-electron chi connectivity index (χ4n) is 1.81. The van der Waals surface area contributed by atoms with Gasteiger partial charge in [0.2, 0.25) is 0 Å². The van der Waals surface area contributed by atoms with Crippen LogP contribution in [0.25, 0.3) is 0 Å². The molecule has 2 rings (SSSR count). The first-order chi connectivity index (χ1) is 8.58. The summed E-state index contributed by atoms with van der Waals surface area (Å²) in [6.07, 6.45) is -1.95. The summed E-state index contributed by atoms with van der Waals surface area (Å²) in [5.41, 5.74) is 0.187. The van der Waals surface area contributed by atoms with Crippen LogP contribution in [-0.4, -0.2) is 47.7 Å². The van der Waals surface area contributed by atoms with Crippen molar-refractivity contribution < 1.29 is 23.8 Å². The van der Waals surface area contributed by atoms with Crippen LogP contribution in [-0.2, 0) is 4.74 Å². The Hall–Kier alpha value is -1.95. The topological polar surface area (TPSA) is 66.8 Å². The zero-order chi connectivity index (χ0) is 13.1. The van der Waals surface area contributed by atoms with Crippen LogP contribution in [0.4, 0.5) is 9.18 Å². The highest BCUT2D eigenvalue weighted by Gasteiger charge is 2.29. The normalized spacial score (nSPS) is 19.6. The van der Waals surface area contributed by atoms with Gasteiger partial charge in [-0.3, -0.25) is 4.79 Å². The first kappa shape index (κ1) is 12.5. The van der Waals surface area contributed by atoms with Crippen LogP contribution < -0.4 is 0 Å². The van der Waals surface area contributed by atoms with E-state index in [0.717, 1.165) is 11.0 Å². The molecule has 0 aliphatic carbocycles.